The quantitative estimate of drug-likeness (QED) is 0.837. The molecule has 0 aliphatic heterocycles. The van der Waals surface area contributed by atoms with Crippen molar-refractivity contribution in [1.29, 1.82) is 0 Å². The van der Waals surface area contributed by atoms with E-state index < -0.39 is 0 Å². The zero-order valence-corrected chi connectivity index (χ0v) is 12.5. The van der Waals surface area contributed by atoms with Crippen LogP contribution >= 0.6 is 28.1 Å². The van der Waals surface area contributed by atoms with Gasteiger partial charge in [0.05, 0.1) is 4.47 Å². The maximum Gasteiger partial charge on any atom is 0.139 e. The monoisotopic (exact) mass is 339 g/mol. The van der Waals surface area contributed by atoms with Gasteiger partial charge in [0.15, 0.2) is 0 Å². The minimum Gasteiger partial charge on any atom is -0.389 e. The van der Waals surface area contributed by atoms with Crippen LogP contribution in [0.5, 0.6) is 0 Å². The van der Waals surface area contributed by atoms with Crippen LogP contribution in [-0.4, -0.2) is 9.97 Å². The molecule has 0 saturated heterocycles. The normalized spacial score (nSPS) is 10.3. The van der Waals surface area contributed by atoms with E-state index in [1.165, 1.54) is 6.07 Å². The smallest absolute Gasteiger partial charge is 0.139 e. The van der Waals surface area contributed by atoms with Crippen LogP contribution in [0.1, 0.15) is 11.3 Å². The number of nitrogens with one attached hydrogen (secondary N) is 1. The van der Waals surface area contributed by atoms with Gasteiger partial charge < -0.3 is 11.1 Å². The van der Waals surface area contributed by atoms with Gasteiger partial charge in [-0.25, -0.2) is 9.37 Å². The Morgan fingerprint density at radius 2 is 2.11 bits per heavy atom. The Bertz CT molecular complexity index is 646. The topological polar surface area (TPSA) is 50.9 Å². The average molecular weight is 340 g/mol. The van der Waals surface area contributed by atoms with Gasteiger partial charge in [-0.3, -0.25) is 0 Å². The van der Waals surface area contributed by atoms with Crippen molar-refractivity contribution in [3.8, 4) is 0 Å². The number of rotatable bonds is 3. The fourth-order valence-corrected chi connectivity index (χ4v) is 1.96. The minimum absolute atomic E-state index is 0.301. The van der Waals surface area contributed by atoms with Crippen LogP contribution in [0.4, 0.5) is 15.9 Å². The van der Waals surface area contributed by atoms with Crippen molar-refractivity contribution in [3.05, 3.63) is 51.9 Å². The molecule has 0 aliphatic carbocycles. The number of thiocarbonyl (C=S) groups is 1. The molecule has 0 atom stereocenters. The molecule has 1 aromatic carbocycles. The first kappa shape index (κ1) is 13.9. The molecule has 0 bridgehead atoms. The number of anilines is 2. The zero-order chi connectivity index (χ0) is 14.0. The van der Waals surface area contributed by atoms with Crippen molar-refractivity contribution in [2.75, 3.05) is 5.32 Å². The number of benzene rings is 1. The van der Waals surface area contributed by atoms with Gasteiger partial charge in [0.2, 0.25) is 0 Å². The van der Waals surface area contributed by atoms with E-state index in [4.69, 9.17) is 18.0 Å². The summed E-state index contributed by atoms with van der Waals surface area (Å²) >= 11 is 8.04. The molecule has 3 nitrogen and oxygen atoms in total. The molecule has 19 heavy (non-hydrogen) atoms. The maximum atomic E-state index is 13.4. The highest BCUT2D eigenvalue weighted by Crippen LogP contribution is 2.22. The summed E-state index contributed by atoms with van der Waals surface area (Å²) in [5.41, 5.74) is 7.71. The van der Waals surface area contributed by atoms with E-state index in [9.17, 15) is 4.39 Å². The second-order valence-electron chi connectivity index (χ2n) is 4.00. The van der Waals surface area contributed by atoms with Crippen LogP contribution in [0.2, 0.25) is 0 Å². The first-order valence-corrected chi connectivity index (χ1v) is 6.66. The number of hydrogen-bond acceptors (Lipinski definition) is 3. The summed E-state index contributed by atoms with van der Waals surface area (Å²) in [6.45, 7) is 1.84. The van der Waals surface area contributed by atoms with Crippen LogP contribution < -0.4 is 11.1 Å². The second-order valence-corrected chi connectivity index (χ2v) is 5.29. The number of aryl methyl sites for hydroxylation is 1. The van der Waals surface area contributed by atoms with Gasteiger partial charge in [0, 0.05) is 16.9 Å². The lowest BCUT2D eigenvalue weighted by molar-refractivity contribution is 0.622. The van der Waals surface area contributed by atoms with Gasteiger partial charge in [0.25, 0.3) is 0 Å². The molecule has 2 aromatic rings. The molecule has 0 radical (unpaired) electrons. The predicted octanol–water partition coefficient (Wildman–Crippen LogP) is 3.67. The van der Waals surface area contributed by atoms with Crippen molar-refractivity contribution in [2.45, 2.75) is 6.92 Å². The van der Waals surface area contributed by atoms with Crippen LogP contribution in [0.3, 0.4) is 0 Å². The molecular formula is C13H11BrFN3S. The van der Waals surface area contributed by atoms with Crippen molar-refractivity contribution >= 4 is 44.6 Å². The van der Waals surface area contributed by atoms with Gasteiger partial charge in [-0.15, -0.1) is 0 Å². The van der Waals surface area contributed by atoms with Crippen molar-refractivity contribution < 1.29 is 4.39 Å². The Labute approximate surface area is 124 Å². The summed E-state index contributed by atoms with van der Waals surface area (Å²) in [5.74, 6) is 0.233. The molecule has 2 rings (SSSR count). The van der Waals surface area contributed by atoms with Crippen LogP contribution in [0, 0.1) is 12.7 Å². The molecule has 0 saturated carbocycles. The summed E-state index contributed by atoms with van der Waals surface area (Å²) < 4.78 is 13.8. The third kappa shape index (κ3) is 3.48. The molecule has 98 valence electrons. The molecule has 1 heterocycles. The van der Waals surface area contributed by atoms with Crippen LogP contribution in [-0.2, 0) is 0 Å². The lowest BCUT2D eigenvalue weighted by Gasteiger charge is -2.09. The van der Waals surface area contributed by atoms with Crippen LogP contribution in [0.25, 0.3) is 0 Å². The van der Waals surface area contributed by atoms with Gasteiger partial charge in [-0.1, -0.05) is 12.2 Å². The summed E-state index contributed by atoms with van der Waals surface area (Å²) in [6, 6.07) is 8.29. The minimum atomic E-state index is -0.341. The maximum absolute atomic E-state index is 13.4. The fourth-order valence-electron chi connectivity index (χ4n) is 1.60. The number of aromatic nitrogens is 1. The molecular weight excluding hydrogens is 329 g/mol. The lowest BCUT2D eigenvalue weighted by atomic mass is 10.2. The van der Waals surface area contributed by atoms with E-state index >= 15 is 0 Å². The largest absolute Gasteiger partial charge is 0.389 e. The summed E-state index contributed by atoms with van der Waals surface area (Å²) in [4.78, 5) is 4.60. The van der Waals surface area contributed by atoms with Crippen molar-refractivity contribution in [3.63, 3.8) is 0 Å². The molecule has 0 spiro atoms. The highest BCUT2D eigenvalue weighted by molar-refractivity contribution is 9.10. The third-order valence-electron chi connectivity index (χ3n) is 2.43. The first-order valence-electron chi connectivity index (χ1n) is 5.46. The lowest BCUT2D eigenvalue weighted by Crippen LogP contribution is -2.10. The molecule has 0 fully saturated rings. The molecule has 1 aromatic heterocycles. The molecule has 3 N–H and O–H groups in total. The molecule has 6 heteroatoms. The van der Waals surface area contributed by atoms with Gasteiger partial charge in [-0.2, -0.15) is 0 Å². The average Bonchev–Trinajstić information content (AvgIpc) is 2.33. The third-order valence-corrected chi connectivity index (χ3v) is 3.31. The van der Waals surface area contributed by atoms with E-state index in [-0.39, 0.29) is 5.82 Å². The SMILES string of the molecule is Cc1cc(C(N)=S)cc(Nc2ccc(Br)c(F)c2)n1. The van der Waals surface area contributed by atoms with Gasteiger partial charge in [-0.05, 0) is 53.2 Å². The fraction of sp³-hybridized carbons (Fsp3) is 0.0769. The zero-order valence-electron chi connectivity index (χ0n) is 10.1. The Kier molecular flexibility index (Phi) is 4.11. The summed E-state index contributed by atoms with van der Waals surface area (Å²) in [6.07, 6.45) is 0. The number of hydrogen-bond donors (Lipinski definition) is 2. The van der Waals surface area contributed by atoms with Crippen LogP contribution in [0.15, 0.2) is 34.8 Å². The highest BCUT2D eigenvalue weighted by atomic mass is 79.9. The van der Waals surface area contributed by atoms with E-state index in [1.54, 1.807) is 24.3 Å². The van der Waals surface area contributed by atoms with E-state index in [2.05, 4.69) is 26.2 Å². The Morgan fingerprint density at radius 1 is 1.37 bits per heavy atom. The van der Waals surface area contributed by atoms with Crippen molar-refractivity contribution in [1.82, 2.24) is 4.98 Å². The van der Waals surface area contributed by atoms with E-state index in [0.29, 0.717) is 21.0 Å². The second kappa shape index (κ2) is 5.63. The predicted molar refractivity (Wildman–Crippen MR) is 82.2 cm³/mol. The van der Waals surface area contributed by atoms with Crippen molar-refractivity contribution in [2.24, 2.45) is 5.73 Å². The Hall–Kier alpha value is -1.53. The van der Waals surface area contributed by atoms with E-state index in [1.807, 2.05) is 6.92 Å². The standard InChI is InChI=1S/C13H11BrFN3S/c1-7-4-8(13(16)19)5-12(17-7)18-9-2-3-10(14)11(15)6-9/h2-6H,1H3,(H2,16,19)(H,17,18). The number of nitrogens with zero attached hydrogens (tertiary/aromatic N) is 1. The number of halogens is 2. The number of pyridine rings is 1. The Balaban J connectivity index is 2.32. The molecule has 0 aliphatic rings. The summed E-state index contributed by atoms with van der Waals surface area (Å²) in [7, 11) is 0. The van der Waals surface area contributed by atoms with Gasteiger partial charge in [0.1, 0.15) is 16.6 Å². The first-order chi connectivity index (χ1) is 8.95. The molecule has 0 unspecified atom stereocenters. The van der Waals surface area contributed by atoms with Gasteiger partial charge >= 0.3 is 0 Å². The molecule has 0 amide bonds. The van der Waals surface area contributed by atoms with E-state index in [0.717, 1.165) is 11.3 Å². The number of nitrogens with two attached hydrogens (primary N) is 1. The highest BCUT2D eigenvalue weighted by Gasteiger charge is 2.05. The summed E-state index contributed by atoms with van der Waals surface area (Å²) in [5, 5.41) is 3.02. The Morgan fingerprint density at radius 3 is 2.74 bits per heavy atom.